The van der Waals surface area contributed by atoms with Crippen molar-refractivity contribution < 1.29 is 19.4 Å². The van der Waals surface area contributed by atoms with Gasteiger partial charge in [-0.2, -0.15) is 0 Å². The van der Waals surface area contributed by atoms with Crippen LogP contribution in [0, 0.1) is 0 Å². The van der Waals surface area contributed by atoms with Gasteiger partial charge in [-0.3, -0.25) is 4.79 Å². The van der Waals surface area contributed by atoms with E-state index in [9.17, 15) is 9.59 Å². The van der Waals surface area contributed by atoms with Crippen molar-refractivity contribution in [3.8, 4) is 0 Å². The first kappa shape index (κ1) is 13.9. The standard InChI is InChI=1S/C13H15NO4/c1-18-9-12(15)14-8-11-4-2-10(3-5-11)6-7-13(16)17/h2-7H,8-9H2,1H3,(H,14,15)(H,16,17). The highest BCUT2D eigenvalue weighted by Crippen LogP contribution is 2.06. The van der Waals surface area contributed by atoms with E-state index in [0.717, 1.165) is 17.2 Å². The van der Waals surface area contributed by atoms with Gasteiger partial charge in [0.2, 0.25) is 5.91 Å². The molecule has 0 saturated carbocycles. The SMILES string of the molecule is COCC(=O)NCc1ccc(C=CC(=O)O)cc1. The molecule has 0 heterocycles. The summed E-state index contributed by atoms with van der Waals surface area (Å²) in [6, 6.07) is 7.23. The van der Waals surface area contributed by atoms with E-state index < -0.39 is 5.97 Å². The van der Waals surface area contributed by atoms with Crippen molar-refractivity contribution in [3.05, 3.63) is 41.5 Å². The molecule has 0 atom stereocenters. The van der Waals surface area contributed by atoms with Gasteiger partial charge in [-0.1, -0.05) is 24.3 Å². The van der Waals surface area contributed by atoms with E-state index >= 15 is 0 Å². The Balaban J connectivity index is 2.50. The minimum absolute atomic E-state index is 0.0411. The molecular weight excluding hydrogens is 234 g/mol. The van der Waals surface area contributed by atoms with Crippen molar-refractivity contribution in [3.63, 3.8) is 0 Å². The van der Waals surface area contributed by atoms with Crippen molar-refractivity contribution in [2.75, 3.05) is 13.7 Å². The highest BCUT2D eigenvalue weighted by Gasteiger charge is 1.99. The van der Waals surface area contributed by atoms with Crippen LogP contribution in [0.3, 0.4) is 0 Å². The molecule has 1 rings (SSSR count). The molecule has 0 radical (unpaired) electrons. The number of amides is 1. The summed E-state index contributed by atoms with van der Waals surface area (Å²) in [4.78, 5) is 21.5. The van der Waals surface area contributed by atoms with Crippen LogP contribution < -0.4 is 5.32 Å². The number of nitrogens with one attached hydrogen (secondary N) is 1. The van der Waals surface area contributed by atoms with Crippen molar-refractivity contribution in [1.29, 1.82) is 0 Å². The molecule has 0 fully saturated rings. The van der Waals surface area contributed by atoms with Crippen LogP contribution in [0.5, 0.6) is 0 Å². The van der Waals surface area contributed by atoms with Crippen molar-refractivity contribution in [1.82, 2.24) is 5.32 Å². The summed E-state index contributed by atoms with van der Waals surface area (Å²) in [5.74, 6) is -1.15. The van der Waals surface area contributed by atoms with Gasteiger partial charge in [0.25, 0.3) is 0 Å². The number of benzene rings is 1. The topological polar surface area (TPSA) is 75.6 Å². The van der Waals surface area contributed by atoms with Crippen LogP contribution in [-0.2, 0) is 20.9 Å². The number of hydrogen-bond donors (Lipinski definition) is 2. The van der Waals surface area contributed by atoms with Gasteiger partial charge in [0.05, 0.1) is 0 Å². The molecule has 1 aromatic rings. The number of ether oxygens (including phenoxy) is 1. The highest BCUT2D eigenvalue weighted by molar-refractivity contribution is 5.85. The zero-order chi connectivity index (χ0) is 13.4. The van der Waals surface area contributed by atoms with Gasteiger partial charge in [0.1, 0.15) is 6.61 Å². The maximum atomic E-state index is 11.1. The molecule has 0 aliphatic carbocycles. The lowest BCUT2D eigenvalue weighted by atomic mass is 10.1. The molecule has 1 amide bonds. The third kappa shape index (κ3) is 5.27. The van der Waals surface area contributed by atoms with E-state index in [1.165, 1.54) is 13.2 Å². The van der Waals surface area contributed by atoms with Gasteiger partial charge in [0, 0.05) is 19.7 Å². The third-order valence-corrected chi connectivity index (χ3v) is 2.16. The summed E-state index contributed by atoms with van der Waals surface area (Å²) in [6.07, 6.45) is 2.59. The lowest BCUT2D eigenvalue weighted by Crippen LogP contribution is -2.26. The second-order valence-electron chi connectivity index (χ2n) is 3.62. The summed E-state index contributed by atoms with van der Waals surface area (Å²) in [6.45, 7) is 0.463. The predicted octanol–water partition coefficient (Wildman–Crippen LogP) is 1.05. The maximum Gasteiger partial charge on any atom is 0.328 e. The van der Waals surface area contributed by atoms with E-state index in [1.54, 1.807) is 12.1 Å². The minimum atomic E-state index is -0.981. The van der Waals surface area contributed by atoms with E-state index in [-0.39, 0.29) is 12.5 Å². The van der Waals surface area contributed by atoms with Crippen LogP contribution >= 0.6 is 0 Å². The van der Waals surface area contributed by atoms with E-state index in [0.29, 0.717) is 6.54 Å². The average Bonchev–Trinajstić information content (AvgIpc) is 2.35. The molecule has 0 aliphatic rings. The second kappa shape index (κ2) is 7.24. The molecule has 0 saturated heterocycles. The van der Waals surface area contributed by atoms with Gasteiger partial charge < -0.3 is 15.2 Å². The Morgan fingerprint density at radius 3 is 2.56 bits per heavy atom. The average molecular weight is 249 g/mol. The summed E-state index contributed by atoms with van der Waals surface area (Å²) in [5, 5.41) is 11.2. The molecule has 18 heavy (non-hydrogen) atoms. The normalized spacial score (nSPS) is 10.5. The van der Waals surface area contributed by atoms with Gasteiger partial charge in [0.15, 0.2) is 0 Å². The number of carboxylic acids is 1. The number of carbonyl (C=O) groups excluding carboxylic acids is 1. The molecule has 5 heteroatoms. The van der Waals surface area contributed by atoms with Gasteiger partial charge in [-0.15, -0.1) is 0 Å². The fraction of sp³-hybridized carbons (Fsp3) is 0.231. The first-order valence-electron chi connectivity index (χ1n) is 5.37. The Bertz CT molecular complexity index is 437. The van der Waals surface area contributed by atoms with Crippen LogP contribution in [-0.4, -0.2) is 30.7 Å². The lowest BCUT2D eigenvalue weighted by molar-refractivity contribution is -0.131. The smallest absolute Gasteiger partial charge is 0.328 e. The zero-order valence-corrected chi connectivity index (χ0v) is 10.1. The van der Waals surface area contributed by atoms with Crippen LogP contribution in [0.25, 0.3) is 6.08 Å². The van der Waals surface area contributed by atoms with E-state index in [4.69, 9.17) is 5.11 Å². The molecular formula is C13H15NO4. The number of aliphatic carboxylic acids is 1. The fourth-order valence-corrected chi connectivity index (χ4v) is 1.30. The predicted molar refractivity (Wildman–Crippen MR) is 66.8 cm³/mol. The van der Waals surface area contributed by atoms with Gasteiger partial charge in [-0.25, -0.2) is 4.79 Å². The van der Waals surface area contributed by atoms with Crippen molar-refractivity contribution in [2.45, 2.75) is 6.54 Å². The Morgan fingerprint density at radius 1 is 1.33 bits per heavy atom. The number of carbonyl (C=O) groups is 2. The monoisotopic (exact) mass is 249 g/mol. The minimum Gasteiger partial charge on any atom is -0.478 e. The van der Waals surface area contributed by atoms with Crippen molar-refractivity contribution in [2.24, 2.45) is 0 Å². The Hall–Kier alpha value is -2.14. The fourth-order valence-electron chi connectivity index (χ4n) is 1.30. The van der Waals surface area contributed by atoms with Crippen LogP contribution in [0.4, 0.5) is 0 Å². The van der Waals surface area contributed by atoms with Crippen LogP contribution in [0.15, 0.2) is 30.3 Å². The zero-order valence-electron chi connectivity index (χ0n) is 10.1. The Labute approximate surface area is 105 Å². The Kier molecular flexibility index (Phi) is 5.60. The van der Waals surface area contributed by atoms with Crippen LogP contribution in [0.1, 0.15) is 11.1 Å². The molecule has 5 nitrogen and oxygen atoms in total. The summed E-state index contributed by atoms with van der Waals surface area (Å²) in [7, 11) is 1.46. The summed E-state index contributed by atoms with van der Waals surface area (Å²) in [5.41, 5.74) is 1.73. The molecule has 0 aromatic heterocycles. The highest BCUT2D eigenvalue weighted by atomic mass is 16.5. The first-order chi connectivity index (χ1) is 8.61. The third-order valence-electron chi connectivity index (χ3n) is 2.16. The van der Waals surface area contributed by atoms with Gasteiger partial charge >= 0.3 is 5.97 Å². The van der Waals surface area contributed by atoms with Gasteiger partial charge in [-0.05, 0) is 17.2 Å². The Morgan fingerprint density at radius 2 is 2.00 bits per heavy atom. The first-order valence-corrected chi connectivity index (χ1v) is 5.37. The number of methoxy groups -OCH3 is 1. The number of rotatable bonds is 6. The van der Waals surface area contributed by atoms with E-state index in [1.807, 2.05) is 12.1 Å². The van der Waals surface area contributed by atoms with Crippen LogP contribution in [0.2, 0.25) is 0 Å². The largest absolute Gasteiger partial charge is 0.478 e. The molecule has 0 spiro atoms. The number of carboxylic acid groups (broad SMARTS) is 1. The lowest BCUT2D eigenvalue weighted by Gasteiger charge is -2.04. The molecule has 0 unspecified atom stereocenters. The van der Waals surface area contributed by atoms with Crippen molar-refractivity contribution >= 4 is 18.0 Å². The quantitative estimate of drug-likeness (QED) is 0.739. The molecule has 96 valence electrons. The summed E-state index contributed by atoms with van der Waals surface area (Å²) >= 11 is 0. The number of hydrogen-bond acceptors (Lipinski definition) is 3. The molecule has 2 N–H and O–H groups in total. The second-order valence-corrected chi connectivity index (χ2v) is 3.62. The van der Waals surface area contributed by atoms with E-state index in [2.05, 4.69) is 10.1 Å². The summed E-state index contributed by atoms with van der Waals surface area (Å²) < 4.78 is 4.69. The molecule has 0 aliphatic heterocycles. The molecule has 0 bridgehead atoms. The molecule has 1 aromatic carbocycles. The maximum absolute atomic E-state index is 11.1.